The minimum absolute atomic E-state index is 0.155. The van der Waals surface area contributed by atoms with Gasteiger partial charge in [0, 0.05) is 45.3 Å². The maximum absolute atomic E-state index is 11.6. The molecule has 6 heteroatoms. The molecule has 0 aromatic heterocycles. The van der Waals surface area contributed by atoms with E-state index in [0.717, 1.165) is 45.1 Å². The number of rotatable bonds is 5. The van der Waals surface area contributed by atoms with Crippen molar-refractivity contribution in [2.45, 2.75) is 26.3 Å². The first-order valence-corrected chi connectivity index (χ1v) is 9.65. The van der Waals surface area contributed by atoms with Crippen molar-refractivity contribution < 1.29 is 8.42 Å². The van der Waals surface area contributed by atoms with Crippen LogP contribution < -0.4 is 5.32 Å². The lowest BCUT2D eigenvalue weighted by Crippen LogP contribution is -2.50. The zero-order chi connectivity index (χ0) is 14.6. The molecule has 20 heavy (non-hydrogen) atoms. The van der Waals surface area contributed by atoms with E-state index in [1.807, 2.05) is 0 Å². The van der Waals surface area contributed by atoms with E-state index in [1.54, 1.807) is 0 Å². The molecule has 2 heterocycles. The molecular weight excluding hydrogens is 274 g/mol. The number of sulfone groups is 1. The molecule has 0 spiro atoms. The molecule has 0 radical (unpaired) electrons. The molecule has 0 aliphatic carbocycles. The second-order valence-electron chi connectivity index (χ2n) is 6.59. The zero-order valence-corrected chi connectivity index (χ0v) is 13.7. The number of hydrogen-bond acceptors (Lipinski definition) is 5. The van der Waals surface area contributed by atoms with E-state index in [4.69, 9.17) is 0 Å². The van der Waals surface area contributed by atoms with Gasteiger partial charge in [-0.3, -0.25) is 0 Å². The first-order chi connectivity index (χ1) is 9.44. The van der Waals surface area contributed by atoms with Gasteiger partial charge in [0.05, 0.1) is 11.5 Å². The second-order valence-corrected chi connectivity index (χ2v) is 8.82. The van der Waals surface area contributed by atoms with E-state index in [2.05, 4.69) is 29.0 Å². The SMILES string of the molecule is CC(C)CN1CCN(CCC2CS(=O)(=O)CCN2)CC1. The maximum Gasteiger partial charge on any atom is 0.153 e. The van der Waals surface area contributed by atoms with Gasteiger partial charge >= 0.3 is 0 Å². The molecule has 0 aromatic carbocycles. The van der Waals surface area contributed by atoms with E-state index in [9.17, 15) is 8.42 Å². The largest absolute Gasteiger partial charge is 0.312 e. The van der Waals surface area contributed by atoms with Crippen molar-refractivity contribution in [3.05, 3.63) is 0 Å². The monoisotopic (exact) mass is 303 g/mol. The molecule has 118 valence electrons. The number of nitrogens with zero attached hydrogens (tertiary/aromatic N) is 2. The van der Waals surface area contributed by atoms with E-state index < -0.39 is 9.84 Å². The second kappa shape index (κ2) is 7.20. The van der Waals surface area contributed by atoms with Crippen LogP contribution >= 0.6 is 0 Å². The smallest absolute Gasteiger partial charge is 0.153 e. The van der Waals surface area contributed by atoms with Gasteiger partial charge < -0.3 is 15.1 Å². The van der Waals surface area contributed by atoms with Crippen LogP contribution in [0.3, 0.4) is 0 Å². The minimum atomic E-state index is -2.80. The molecule has 2 rings (SSSR count). The highest BCUT2D eigenvalue weighted by Crippen LogP contribution is 2.09. The van der Waals surface area contributed by atoms with Crippen molar-refractivity contribution in [1.29, 1.82) is 0 Å². The Morgan fingerprint density at radius 2 is 1.80 bits per heavy atom. The fourth-order valence-corrected chi connectivity index (χ4v) is 4.60. The third-order valence-electron chi connectivity index (χ3n) is 4.18. The lowest BCUT2D eigenvalue weighted by molar-refractivity contribution is 0.119. The molecule has 2 saturated heterocycles. The Morgan fingerprint density at radius 3 is 2.40 bits per heavy atom. The predicted octanol–water partition coefficient (Wildman–Crippen LogP) is 0.0367. The van der Waals surface area contributed by atoms with Crippen LogP contribution in [0.5, 0.6) is 0 Å². The highest BCUT2D eigenvalue weighted by molar-refractivity contribution is 7.91. The molecule has 5 nitrogen and oxygen atoms in total. The normalized spacial score (nSPS) is 28.9. The van der Waals surface area contributed by atoms with Gasteiger partial charge in [0.1, 0.15) is 0 Å². The first-order valence-electron chi connectivity index (χ1n) is 7.83. The Morgan fingerprint density at radius 1 is 1.15 bits per heavy atom. The molecule has 1 unspecified atom stereocenters. The summed E-state index contributed by atoms with van der Waals surface area (Å²) in [6.45, 7) is 11.9. The van der Waals surface area contributed by atoms with Crippen LogP contribution in [0.2, 0.25) is 0 Å². The third kappa shape index (κ3) is 5.31. The van der Waals surface area contributed by atoms with E-state index in [0.29, 0.717) is 18.1 Å². The summed E-state index contributed by atoms with van der Waals surface area (Å²) >= 11 is 0. The van der Waals surface area contributed by atoms with Crippen LogP contribution in [0.4, 0.5) is 0 Å². The highest BCUT2D eigenvalue weighted by atomic mass is 32.2. The topological polar surface area (TPSA) is 52.7 Å². The van der Waals surface area contributed by atoms with Crippen molar-refractivity contribution in [1.82, 2.24) is 15.1 Å². The first kappa shape index (κ1) is 16.2. The number of nitrogens with one attached hydrogen (secondary N) is 1. The molecule has 0 bridgehead atoms. The molecular formula is C14H29N3O2S. The summed E-state index contributed by atoms with van der Waals surface area (Å²) in [5, 5.41) is 3.33. The molecule has 1 N–H and O–H groups in total. The van der Waals surface area contributed by atoms with E-state index in [-0.39, 0.29) is 6.04 Å². The van der Waals surface area contributed by atoms with Crippen LogP contribution in [0, 0.1) is 5.92 Å². The van der Waals surface area contributed by atoms with Crippen LogP contribution in [0.25, 0.3) is 0 Å². The maximum atomic E-state index is 11.6. The number of hydrogen-bond donors (Lipinski definition) is 1. The summed E-state index contributed by atoms with van der Waals surface area (Å²) in [5.74, 6) is 1.36. The van der Waals surface area contributed by atoms with Crippen molar-refractivity contribution in [2.75, 3.05) is 57.3 Å². The Hall–Kier alpha value is -0.170. The number of piperazine rings is 1. The van der Waals surface area contributed by atoms with Gasteiger partial charge in [0.15, 0.2) is 9.84 Å². The molecule has 1 atom stereocenters. The fraction of sp³-hybridized carbons (Fsp3) is 1.00. The molecule has 0 saturated carbocycles. The van der Waals surface area contributed by atoms with Crippen molar-refractivity contribution in [2.24, 2.45) is 5.92 Å². The van der Waals surface area contributed by atoms with Gasteiger partial charge in [-0.05, 0) is 18.9 Å². The molecule has 0 aromatic rings. The van der Waals surface area contributed by atoms with Gasteiger partial charge in [-0.1, -0.05) is 13.8 Å². The zero-order valence-electron chi connectivity index (χ0n) is 12.8. The fourth-order valence-electron chi connectivity index (χ4n) is 3.10. The lowest BCUT2D eigenvalue weighted by Gasteiger charge is -2.36. The summed E-state index contributed by atoms with van der Waals surface area (Å²) in [6, 6.07) is 0.155. The third-order valence-corrected chi connectivity index (χ3v) is 5.92. The summed E-state index contributed by atoms with van der Waals surface area (Å²) in [7, 11) is -2.80. The lowest BCUT2D eigenvalue weighted by atomic mass is 10.1. The molecule has 2 aliphatic rings. The standard InChI is InChI=1S/C14H29N3O2S/c1-13(2)11-17-8-6-16(7-9-17)5-3-14-12-20(18,19)10-4-15-14/h13-15H,3-12H2,1-2H3. The molecule has 2 fully saturated rings. The average Bonchev–Trinajstić information content (AvgIpc) is 2.36. The Labute approximate surface area is 123 Å². The summed E-state index contributed by atoms with van der Waals surface area (Å²) < 4.78 is 23.2. The van der Waals surface area contributed by atoms with E-state index >= 15 is 0 Å². The van der Waals surface area contributed by atoms with Crippen molar-refractivity contribution >= 4 is 9.84 Å². The molecule has 2 aliphatic heterocycles. The quantitative estimate of drug-likeness (QED) is 0.777. The van der Waals surface area contributed by atoms with Gasteiger partial charge in [-0.15, -0.1) is 0 Å². The summed E-state index contributed by atoms with van der Waals surface area (Å²) in [4.78, 5) is 5.00. The van der Waals surface area contributed by atoms with Crippen LogP contribution in [-0.4, -0.2) is 81.6 Å². The van der Waals surface area contributed by atoms with Crippen LogP contribution in [0.15, 0.2) is 0 Å². The Bertz CT molecular complexity index is 389. The summed E-state index contributed by atoms with van der Waals surface area (Å²) in [5.41, 5.74) is 0. The molecule has 0 amide bonds. The van der Waals surface area contributed by atoms with Gasteiger partial charge in [-0.2, -0.15) is 0 Å². The Kier molecular flexibility index (Phi) is 5.84. The van der Waals surface area contributed by atoms with Crippen molar-refractivity contribution in [3.63, 3.8) is 0 Å². The van der Waals surface area contributed by atoms with Crippen LogP contribution in [0.1, 0.15) is 20.3 Å². The van der Waals surface area contributed by atoms with Gasteiger partial charge in [-0.25, -0.2) is 8.42 Å². The minimum Gasteiger partial charge on any atom is -0.312 e. The van der Waals surface area contributed by atoms with Gasteiger partial charge in [0.25, 0.3) is 0 Å². The Balaban J connectivity index is 1.66. The van der Waals surface area contributed by atoms with Crippen molar-refractivity contribution in [3.8, 4) is 0 Å². The van der Waals surface area contributed by atoms with Crippen LogP contribution in [-0.2, 0) is 9.84 Å². The average molecular weight is 303 g/mol. The van der Waals surface area contributed by atoms with Gasteiger partial charge in [0.2, 0.25) is 0 Å². The highest BCUT2D eigenvalue weighted by Gasteiger charge is 2.25. The predicted molar refractivity (Wildman–Crippen MR) is 82.8 cm³/mol. The van der Waals surface area contributed by atoms with E-state index in [1.165, 1.54) is 6.54 Å². The summed E-state index contributed by atoms with van der Waals surface area (Å²) in [6.07, 6.45) is 0.948.